The van der Waals surface area contributed by atoms with Gasteiger partial charge in [-0.3, -0.25) is 4.72 Å². The number of para-hydroxylation sites is 1. The second-order valence-corrected chi connectivity index (χ2v) is 7.32. The van der Waals surface area contributed by atoms with E-state index in [0.29, 0.717) is 11.4 Å². The second-order valence-electron chi connectivity index (χ2n) is 5.04. The zero-order valence-electron chi connectivity index (χ0n) is 13.3. The molecule has 10 heteroatoms. The number of aryl methyl sites for hydroxylation is 1. The molecule has 130 valence electrons. The zero-order chi connectivity index (χ0) is 18.0. The van der Waals surface area contributed by atoms with Crippen molar-refractivity contribution < 1.29 is 17.9 Å². The van der Waals surface area contributed by atoms with E-state index in [-0.39, 0.29) is 16.4 Å². The zero-order valence-corrected chi connectivity index (χ0v) is 15.0. The Labute approximate surface area is 148 Å². The van der Waals surface area contributed by atoms with Crippen molar-refractivity contribution >= 4 is 33.3 Å². The number of ether oxygens (including phenoxy) is 1. The van der Waals surface area contributed by atoms with Crippen LogP contribution >= 0.6 is 11.5 Å². The first-order valence-electron chi connectivity index (χ1n) is 7.10. The lowest BCUT2D eigenvalue weighted by molar-refractivity contribution is 0.0591. The van der Waals surface area contributed by atoms with Crippen LogP contribution in [0.1, 0.15) is 16.2 Å². The van der Waals surface area contributed by atoms with E-state index in [1.807, 2.05) is 18.2 Å². The number of hydrogen-bond acceptors (Lipinski definition) is 7. The molecule has 0 aliphatic carbocycles. The number of benzene rings is 1. The Morgan fingerprint density at radius 1 is 1.28 bits per heavy atom. The summed E-state index contributed by atoms with van der Waals surface area (Å²) in [6, 6.07) is 10.7. The fraction of sp³-hybridized carbons (Fsp3) is 0.133. The molecule has 3 rings (SSSR count). The van der Waals surface area contributed by atoms with Crippen LogP contribution in [0.2, 0.25) is 0 Å². The van der Waals surface area contributed by atoms with Crippen molar-refractivity contribution in [3.8, 4) is 5.69 Å². The summed E-state index contributed by atoms with van der Waals surface area (Å²) in [5.41, 5.74) is 1.09. The van der Waals surface area contributed by atoms with Gasteiger partial charge in [0.25, 0.3) is 10.0 Å². The van der Waals surface area contributed by atoms with Gasteiger partial charge in [-0.1, -0.05) is 18.2 Å². The summed E-state index contributed by atoms with van der Waals surface area (Å²) in [5, 5.41) is 5.59. The number of nitrogens with zero attached hydrogens (tertiary/aromatic N) is 3. The molecule has 0 spiro atoms. The SMILES string of the molecule is COC(=O)c1nscc1S(=O)(=O)Nc1cc(C)nn1-c1ccccc1. The number of sulfonamides is 1. The van der Waals surface area contributed by atoms with Gasteiger partial charge in [-0.15, -0.1) is 0 Å². The van der Waals surface area contributed by atoms with Gasteiger partial charge in [-0.2, -0.15) is 9.47 Å². The topological polar surface area (TPSA) is 103 Å². The fourth-order valence-corrected chi connectivity index (χ4v) is 4.33. The first-order valence-corrected chi connectivity index (χ1v) is 9.42. The van der Waals surface area contributed by atoms with Crippen LogP contribution in [0.3, 0.4) is 0 Å². The number of anilines is 1. The summed E-state index contributed by atoms with van der Waals surface area (Å²) >= 11 is 0.861. The molecule has 0 aliphatic rings. The molecule has 2 heterocycles. The van der Waals surface area contributed by atoms with Gasteiger partial charge in [0.1, 0.15) is 10.7 Å². The fourth-order valence-electron chi connectivity index (χ4n) is 2.18. The monoisotopic (exact) mass is 378 g/mol. The molecule has 0 saturated heterocycles. The van der Waals surface area contributed by atoms with Gasteiger partial charge in [0, 0.05) is 11.4 Å². The Morgan fingerprint density at radius 2 is 2.00 bits per heavy atom. The lowest BCUT2D eigenvalue weighted by atomic mass is 10.3. The minimum Gasteiger partial charge on any atom is -0.464 e. The lowest BCUT2D eigenvalue weighted by Crippen LogP contribution is -2.18. The Bertz CT molecular complexity index is 1010. The Morgan fingerprint density at radius 3 is 2.68 bits per heavy atom. The van der Waals surface area contributed by atoms with Gasteiger partial charge in [0.05, 0.1) is 18.5 Å². The van der Waals surface area contributed by atoms with Gasteiger partial charge in [0.2, 0.25) is 0 Å². The van der Waals surface area contributed by atoms with E-state index in [2.05, 4.69) is 18.9 Å². The van der Waals surface area contributed by atoms with Crippen molar-refractivity contribution in [3.05, 3.63) is 53.2 Å². The molecule has 1 aromatic carbocycles. The van der Waals surface area contributed by atoms with Gasteiger partial charge < -0.3 is 4.74 Å². The minimum atomic E-state index is -4.04. The Balaban J connectivity index is 2.01. The summed E-state index contributed by atoms with van der Waals surface area (Å²) in [7, 11) is -2.87. The number of carbonyl (C=O) groups excluding carboxylic acids is 1. The highest BCUT2D eigenvalue weighted by atomic mass is 32.2. The molecule has 0 radical (unpaired) electrons. The molecule has 8 nitrogen and oxygen atoms in total. The molecule has 0 aliphatic heterocycles. The molecule has 0 unspecified atom stereocenters. The number of methoxy groups -OCH3 is 1. The maximum atomic E-state index is 12.7. The van der Waals surface area contributed by atoms with Gasteiger partial charge in [-0.05, 0) is 30.6 Å². The molecule has 2 aromatic heterocycles. The maximum Gasteiger partial charge on any atom is 0.359 e. The van der Waals surface area contributed by atoms with E-state index < -0.39 is 16.0 Å². The van der Waals surface area contributed by atoms with Crippen molar-refractivity contribution in [3.63, 3.8) is 0 Å². The predicted octanol–water partition coefficient (Wildman–Crippen LogP) is 2.22. The van der Waals surface area contributed by atoms with Crippen molar-refractivity contribution in [1.29, 1.82) is 0 Å². The highest BCUT2D eigenvalue weighted by Gasteiger charge is 2.27. The van der Waals surface area contributed by atoms with Gasteiger partial charge >= 0.3 is 5.97 Å². The van der Waals surface area contributed by atoms with Gasteiger partial charge in [-0.25, -0.2) is 17.9 Å². The van der Waals surface area contributed by atoms with E-state index in [0.717, 1.165) is 11.5 Å². The average molecular weight is 378 g/mol. The first-order chi connectivity index (χ1) is 11.9. The minimum absolute atomic E-state index is 0.234. The van der Waals surface area contributed by atoms with Crippen LogP contribution in [0.25, 0.3) is 5.69 Å². The number of esters is 1. The second kappa shape index (κ2) is 6.65. The third-order valence-electron chi connectivity index (χ3n) is 3.28. The highest BCUT2D eigenvalue weighted by molar-refractivity contribution is 7.93. The summed E-state index contributed by atoms with van der Waals surface area (Å²) < 4.78 is 37.7. The third kappa shape index (κ3) is 3.39. The summed E-state index contributed by atoms with van der Waals surface area (Å²) in [5.74, 6) is -0.555. The normalized spacial score (nSPS) is 11.3. The number of carbonyl (C=O) groups is 1. The van der Waals surface area contributed by atoms with E-state index >= 15 is 0 Å². The number of aromatic nitrogens is 3. The first kappa shape index (κ1) is 17.1. The molecule has 25 heavy (non-hydrogen) atoms. The molecule has 1 N–H and O–H groups in total. The van der Waals surface area contributed by atoms with Gasteiger partial charge in [0.15, 0.2) is 5.69 Å². The van der Waals surface area contributed by atoms with E-state index in [9.17, 15) is 13.2 Å². The molecular weight excluding hydrogens is 364 g/mol. The molecule has 0 bridgehead atoms. The van der Waals surface area contributed by atoms with Crippen LogP contribution < -0.4 is 4.72 Å². The molecule has 3 aromatic rings. The molecular formula is C15H14N4O4S2. The number of hydrogen-bond donors (Lipinski definition) is 1. The van der Waals surface area contributed by atoms with Crippen LogP contribution in [0.15, 0.2) is 46.7 Å². The maximum absolute atomic E-state index is 12.7. The van der Waals surface area contributed by atoms with Crippen molar-refractivity contribution in [2.24, 2.45) is 0 Å². The van der Waals surface area contributed by atoms with Crippen molar-refractivity contribution in [2.45, 2.75) is 11.8 Å². The standard InChI is InChI=1S/C15H14N4O4S2/c1-10-8-13(19(16-10)11-6-4-3-5-7-11)18-25(21,22)12-9-24-17-14(12)15(20)23-2/h3-9,18H,1-2H3. The molecule has 0 amide bonds. The summed E-state index contributed by atoms with van der Waals surface area (Å²) in [4.78, 5) is 11.5. The van der Waals surface area contributed by atoms with Crippen molar-refractivity contribution in [2.75, 3.05) is 11.8 Å². The largest absolute Gasteiger partial charge is 0.464 e. The molecule has 0 saturated carbocycles. The van der Waals surface area contributed by atoms with Crippen LogP contribution in [-0.2, 0) is 14.8 Å². The third-order valence-corrected chi connectivity index (χ3v) is 5.42. The average Bonchev–Trinajstić information content (AvgIpc) is 3.22. The van der Waals surface area contributed by atoms with Crippen LogP contribution in [-0.4, -0.2) is 35.7 Å². The van der Waals surface area contributed by atoms with Crippen LogP contribution in [0.5, 0.6) is 0 Å². The number of nitrogens with one attached hydrogen (secondary N) is 1. The van der Waals surface area contributed by atoms with Crippen molar-refractivity contribution in [1.82, 2.24) is 14.2 Å². The van der Waals surface area contributed by atoms with Crippen LogP contribution in [0.4, 0.5) is 5.82 Å². The smallest absolute Gasteiger partial charge is 0.359 e. The van der Waals surface area contributed by atoms with Crippen LogP contribution in [0, 0.1) is 6.92 Å². The lowest BCUT2D eigenvalue weighted by Gasteiger charge is -2.10. The highest BCUT2D eigenvalue weighted by Crippen LogP contribution is 2.24. The predicted molar refractivity (Wildman–Crippen MR) is 92.6 cm³/mol. The molecule has 0 atom stereocenters. The molecule has 0 fully saturated rings. The Kier molecular flexibility index (Phi) is 4.55. The number of rotatable bonds is 5. The van der Waals surface area contributed by atoms with E-state index in [1.54, 1.807) is 25.1 Å². The quantitative estimate of drug-likeness (QED) is 0.683. The summed E-state index contributed by atoms with van der Waals surface area (Å²) in [6.45, 7) is 1.75. The Hall–Kier alpha value is -2.72. The van der Waals surface area contributed by atoms with E-state index in [1.165, 1.54) is 17.2 Å². The summed E-state index contributed by atoms with van der Waals surface area (Å²) in [6.07, 6.45) is 0. The van der Waals surface area contributed by atoms with E-state index in [4.69, 9.17) is 0 Å².